The van der Waals surface area contributed by atoms with Crippen LogP contribution in [0.25, 0.3) is 5.57 Å². The second kappa shape index (κ2) is 11.0. The molecule has 2 aromatic carbocycles. The Kier molecular flexibility index (Phi) is 6.85. The predicted molar refractivity (Wildman–Crippen MR) is 158 cm³/mol. The molecule has 2 aliphatic carbocycles. The molecule has 7 rings (SSSR count). The SMILES string of the molecule is O=C(OC[C@@H]1COC(=O)N1c1ccc(C(=O)N2CCN(c3ncc(C4=CC4)cc3C3CC3)CC2)cc1)c1ccccc1. The van der Waals surface area contributed by atoms with Crippen molar-refractivity contribution in [1.82, 2.24) is 9.88 Å². The van der Waals surface area contributed by atoms with Crippen LogP contribution < -0.4 is 9.80 Å². The Morgan fingerprint density at radius 2 is 1.69 bits per heavy atom. The smallest absolute Gasteiger partial charge is 0.414 e. The number of benzene rings is 2. The highest BCUT2D eigenvalue weighted by molar-refractivity contribution is 5.96. The number of hydrogen-bond acceptors (Lipinski definition) is 7. The summed E-state index contributed by atoms with van der Waals surface area (Å²) in [5.41, 5.74) is 5.58. The Bertz CT molecular complexity index is 1540. The average molecular weight is 565 g/mol. The molecule has 0 spiro atoms. The first-order valence-electron chi connectivity index (χ1n) is 14.6. The molecule has 1 atom stereocenters. The van der Waals surface area contributed by atoms with E-state index in [0.717, 1.165) is 25.3 Å². The van der Waals surface area contributed by atoms with Crippen LogP contribution in [-0.4, -0.2) is 73.3 Å². The maximum Gasteiger partial charge on any atom is 0.414 e. The van der Waals surface area contributed by atoms with E-state index < -0.39 is 18.1 Å². The van der Waals surface area contributed by atoms with Crippen LogP contribution in [0.2, 0.25) is 0 Å². The Morgan fingerprint density at radius 1 is 0.952 bits per heavy atom. The van der Waals surface area contributed by atoms with E-state index in [1.807, 2.05) is 17.2 Å². The molecule has 0 N–H and O–H groups in total. The molecule has 2 saturated heterocycles. The number of carbonyl (C=O) groups is 3. The van der Waals surface area contributed by atoms with Crippen molar-refractivity contribution in [3.63, 3.8) is 0 Å². The summed E-state index contributed by atoms with van der Waals surface area (Å²) in [7, 11) is 0. The number of amides is 2. The molecule has 0 radical (unpaired) electrons. The standard InChI is InChI=1S/C33H32N4O5/c38-31(36-16-14-35(15-17-36)30-29(23-8-9-23)18-26(19-34-30)22-6-7-22)24-10-12-27(13-11-24)37-28(21-42-33(37)40)20-41-32(39)25-4-2-1-3-5-25/h1-6,10-13,18-19,23,28H,7-9,14-17,20-21H2/t28-/m1/s1. The molecule has 9 heteroatoms. The van der Waals surface area contributed by atoms with Gasteiger partial charge in [0.1, 0.15) is 25.1 Å². The number of anilines is 2. The van der Waals surface area contributed by atoms with E-state index in [-0.39, 0.29) is 19.1 Å². The number of hydrogen-bond donors (Lipinski definition) is 0. The predicted octanol–water partition coefficient (Wildman–Crippen LogP) is 4.89. The number of carbonyl (C=O) groups excluding carboxylic acids is 3. The summed E-state index contributed by atoms with van der Waals surface area (Å²) in [5.74, 6) is 1.18. The van der Waals surface area contributed by atoms with Crippen LogP contribution in [0.4, 0.5) is 16.3 Å². The number of ether oxygens (including phenoxy) is 2. The first-order valence-corrected chi connectivity index (χ1v) is 14.6. The van der Waals surface area contributed by atoms with Gasteiger partial charge in [0, 0.05) is 43.6 Å². The van der Waals surface area contributed by atoms with Crippen molar-refractivity contribution in [3.05, 3.63) is 95.2 Å². The highest BCUT2D eigenvalue weighted by Gasteiger charge is 2.36. The van der Waals surface area contributed by atoms with Gasteiger partial charge in [-0.05, 0) is 84.3 Å². The monoisotopic (exact) mass is 564 g/mol. The second-order valence-electron chi connectivity index (χ2n) is 11.2. The van der Waals surface area contributed by atoms with Gasteiger partial charge in [0.15, 0.2) is 0 Å². The first-order chi connectivity index (χ1) is 20.5. The van der Waals surface area contributed by atoms with Gasteiger partial charge in [0.05, 0.1) is 5.56 Å². The summed E-state index contributed by atoms with van der Waals surface area (Å²) < 4.78 is 10.7. The lowest BCUT2D eigenvalue weighted by atomic mass is 10.1. The molecule has 9 nitrogen and oxygen atoms in total. The van der Waals surface area contributed by atoms with E-state index in [4.69, 9.17) is 14.5 Å². The van der Waals surface area contributed by atoms with Gasteiger partial charge in [-0.2, -0.15) is 0 Å². The molecule has 3 fully saturated rings. The minimum Gasteiger partial charge on any atom is -0.460 e. The zero-order chi connectivity index (χ0) is 28.6. The number of allylic oxidation sites excluding steroid dienone is 2. The number of piperazine rings is 1. The molecule has 42 heavy (non-hydrogen) atoms. The van der Waals surface area contributed by atoms with Crippen LogP contribution in [0.1, 0.15) is 57.0 Å². The molecule has 2 aliphatic heterocycles. The van der Waals surface area contributed by atoms with Crippen LogP contribution in [0, 0.1) is 0 Å². The summed E-state index contributed by atoms with van der Waals surface area (Å²) >= 11 is 0. The van der Waals surface area contributed by atoms with E-state index in [2.05, 4.69) is 17.0 Å². The largest absolute Gasteiger partial charge is 0.460 e. The number of rotatable bonds is 8. The van der Waals surface area contributed by atoms with Gasteiger partial charge in [-0.15, -0.1) is 0 Å². The first kappa shape index (κ1) is 26.3. The Morgan fingerprint density at radius 3 is 2.38 bits per heavy atom. The van der Waals surface area contributed by atoms with Crippen molar-refractivity contribution in [2.24, 2.45) is 0 Å². The lowest BCUT2D eigenvalue weighted by molar-refractivity contribution is 0.0475. The van der Waals surface area contributed by atoms with E-state index in [1.165, 1.54) is 34.4 Å². The highest BCUT2D eigenvalue weighted by Crippen LogP contribution is 2.45. The molecule has 2 amide bonds. The minimum atomic E-state index is -0.507. The summed E-state index contributed by atoms with van der Waals surface area (Å²) in [6.45, 7) is 2.83. The summed E-state index contributed by atoms with van der Waals surface area (Å²) in [4.78, 5) is 48.8. The number of esters is 1. The van der Waals surface area contributed by atoms with Crippen molar-refractivity contribution in [2.75, 3.05) is 49.2 Å². The fourth-order valence-electron chi connectivity index (χ4n) is 5.69. The number of pyridine rings is 1. The zero-order valence-corrected chi connectivity index (χ0v) is 23.3. The minimum absolute atomic E-state index is 0.00232. The van der Waals surface area contributed by atoms with Crippen molar-refractivity contribution >= 4 is 35.0 Å². The van der Waals surface area contributed by atoms with Gasteiger partial charge in [0.25, 0.3) is 5.91 Å². The number of aromatic nitrogens is 1. The lowest BCUT2D eigenvalue weighted by Crippen LogP contribution is -2.49. The van der Waals surface area contributed by atoms with Gasteiger partial charge in [-0.25, -0.2) is 14.6 Å². The van der Waals surface area contributed by atoms with Crippen molar-refractivity contribution in [1.29, 1.82) is 0 Å². The lowest BCUT2D eigenvalue weighted by Gasteiger charge is -2.36. The Balaban J connectivity index is 0.970. The summed E-state index contributed by atoms with van der Waals surface area (Å²) in [5, 5.41) is 0. The topological polar surface area (TPSA) is 92.3 Å². The highest BCUT2D eigenvalue weighted by atomic mass is 16.6. The molecular weight excluding hydrogens is 532 g/mol. The van der Waals surface area contributed by atoms with Gasteiger partial charge in [0.2, 0.25) is 0 Å². The van der Waals surface area contributed by atoms with Crippen molar-refractivity contribution < 1.29 is 23.9 Å². The summed E-state index contributed by atoms with van der Waals surface area (Å²) in [6, 6.07) is 17.5. The van der Waals surface area contributed by atoms with Gasteiger partial charge >= 0.3 is 12.1 Å². The van der Waals surface area contributed by atoms with Gasteiger partial charge in [-0.1, -0.05) is 24.3 Å². The molecule has 3 aromatic rings. The van der Waals surface area contributed by atoms with Crippen LogP contribution in [0.15, 0.2) is 72.9 Å². The van der Waals surface area contributed by atoms with Crippen molar-refractivity contribution in [3.8, 4) is 0 Å². The van der Waals surface area contributed by atoms with E-state index >= 15 is 0 Å². The zero-order valence-electron chi connectivity index (χ0n) is 23.3. The third kappa shape index (κ3) is 5.34. The van der Waals surface area contributed by atoms with Crippen LogP contribution in [-0.2, 0) is 9.47 Å². The maximum atomic E-state index is 13.4. The van der Waals surface area contributed by atoms with E-state index in [9.17, 15) is 14.4 Å². The Labute approximate surface area is 244 Å². The summed E-state index contributed by atoms with van der Waals surface area (Å²) in [6.07, 6.45) is 7.24. The normalized spacial score (nSPS) is 19.8. The number of cyclic esters (lactones) is 1. The molecule has 4 aliphatic rings. The average Bonchev–Trinajstić information content (AvgIpc) is 3.98. The fraction of sp³-hybridized carbons (Fsp3) is 0.333. The Hall–Kier alpha value is -4.66. The van der Waals surface area contributed by atoms with E-state index in [0.29, 0.717) is 35.8 Å². The molecule has 1 saturated carbocycles. The molecule has 214 valence electrons. The van der Waals surface area contributed by atoms with E-state index in [1.54, 1.807) is 48.5 Å². The quantitative estimate of drug-likeness (QED) is 0.360. The molecule has 0 bridgehead atoms. The third-order valence-corrected chi connectivity index (χ3v) is 8.33. The van der Waals surface area contributed by atoms with Crippen LogP contribution >= 0.6 is 0 Å². The van der Waals surface area contributed by atoms with Crippen LogP contribution in [0.5, 0.6) is 0 Å². The molecule has 1 aromatic heterocycles. The molecule has 3 heterocycles. The number of nitrogens with zero attached hydrogens (tertiary/aromatic N) is 4. The molecule has 0 unspecified atom stereocenters. The maximum absolute atomic E-state index is 13.4. The molecular formula is C33H32N4O5. The van der Waals surface area contributed by atoms with Crippen molar-refractivity contribution in [2.45, 2.75) is 31.2 Å². The van der Waals surface area contributed by atoms with Gasteiger partial charge in [-0.3, -0.25) is 9.69 Å². The fourth-order valence-corrected chi connectivity index (χ4v) is 5.69. The van der Waals surface area contributed by atoms with Crippen LogP contribution in [0.3, 0.4) is 0 Å². The third-order valence-electron chi connectivity index (χ3n) is 8.33. The van der Waals surface area contributed by atoms with Gasteiger partial charge < -0.3 is 19.3 Å². The second-order valence-corrected chi connectivity index (χ2v) is 11.2.